The van der Waals surface area contributed by atoms with Crippen molar-refractivity contribution in [3.05, 3.63) is 63.9 Å². The number of halogens is 1. The van der Waals surface area contributed by atoms with E-state index in [2.05, 4.69) is 26.2 Å². The van der Waals surface area contributed by atoms with E-state index in [1.807, 2.05) is 29.6 Å². The van der Waals surface area contributed by atoms with Crippen LogP contribution >= 0.6 is 27.3 Å². The molecule has 2 amide bonds. The molecule has 0 bridgehead atoms. The van der Waals surface area contributed by atoms with Crippen molar-refractivity contribution in [2.75, 3.05) is 11.9 Å². The number of thiazole rings is 1. The molecule has 1 heterocycles. The molecule has 0 aliphatic heterocycles. The van der Waals surface area contributed by atoms with Gasteiger partial charge in [0.05, 0.1) is 11.3 Å². The predicted octanol–water partition coefficient (Wildman–Crippen LogP) is 3.69. The number of aromatic nitrogens is 1. The predicted molar refractivity (Wildman–Crippen MR) is 104 cm³/mol. The Morgan fingerprint density at radius 2 is 1.88 bits per heavy atom. The van der Waals surface area contributed by atoms with Crippen LogP contribution in [-0.4, -0.2) is 23.4 Å². The molecule has 0 fully saturated rings. The van der Waals surface area contributed by atoms with Gasteiger partial charge in [-0.2, -0.15) is 0 Å². The largest absolute Gasteiger partial charge is 0.483 e. The number of primary amides is 1. The van der Waals surface area contributed by atoms with Gasteiger partial charge in [-0.1, -0.05) is 40.2 Å². The van der Waals surface area contributed by atoms with Crippen LogP contribution in [0.4, 0.5) is 5.13 Å². The number of benzene rings is 2. The normalized spacial score (nSPS) is 10.3. The zero-order valence-electron chi connectivity index (χ0n) is 13.4. The van der Waals surface area contributed by atoms with E-state index < -0.39 is 5.91 Å². The molecular formula is C18H14BrN3O3S. The fraction of sp³-hybridized carbons (Fsp3) is 0.0556. The minimum absolute atomic E-state index is 0.286. The Morgan fingerprint density at radius 3 is 2.62 bits per heavy atom. The Hall–Kier alpha value is -2.71. The first kappa shape index (κ1) is 18.1. The summed E-state index contributed by atoms with van der Waals surface area (Å²) >= 11 is 4.72. The number of nitrogens with zero attached hydrogens (tertiary/aromatic N) is 1. The Bertz CT molecular complexity index is 941. The molecule has 132 valence electrons. The van der Waals surface area contributed by atoms with Gasteiger partial charge in [-0.05, 0) is 24.3 Å². The average molecular weight is 432 g/mol. The third-order valence-corrected chi connectivity index (χ3v) is 4.65. The van der Waals surface area contributed by atoms with Crippen LogP contribution in [0.25, 0.3) is 11.3 Å². The fourth-order valence-electron chi connectivity index (χ4n) is 2.18. The van der Waals surface area contributed by atoms with Crippen molar-refractivity contribution in [2.45, 2.75) is 0 Å². The number of carbonyl (C=O) groups excluding carboxylic acids is 2. The molecular weight excluding hydrogens is 418 g/mol. The second-order valence-corrected chi connectivity index (χ2v) is 7.02. The van der Waals surface area contributed by atoms with E-state index in [0.717, 1.165) is 15.7 Å². The lowest BCUT2D eigenvalue weighted by atomic mass is 10.2. The molecule has 3 N–H and O–H groups in total. The van der Waals surface area contributed by atoms with Crippen molar-refractivity contribution in [1.29, 1.82) is 0 Å². The maximum atomic E-state index is 12.5. The van der Waals surface area contributed by atoms with Gasteiger partial charge in [0.1, 0.15) is 5.75 Å². The molecule has 26 heavy (non-hydrogen) atoms. The SMILES string of the molecule is NC(=O)COc1ccccc1C(=O)Nc1nc(-c2ccc(Br)cc2)cs1. The molecule has 0 unspecified atom stereocenters. The van der Waals surface area contributed by atoms with E-state index in [9.17, 15) is 9.59 Å². The Morgan fingerprint density at radius 1 is 1.15 bits per heavy atom. The third-order valence-electron chi connectivity index (χ3n) is 3.37. The summed E-state index contributed by atoms with van der Waals surface area (Å²) in [7, 11) is 0. The molecule has 0 atom stereocenters. The summed E-state index contributed by atoms with van der Waals surface area (Å²) in [6, 6.07) is 14.4. The molecule has 3 aromatic rings. The Balaban J connectivity index is 1.75. The highest BCUT2D eigenvalue weighted by Gasteiger charge is 2.15. The molecule has 0 saturated carbocycles. The number of ether oxygens (including phenoxy) is 1. The standard InChI is InChI=1S/C18H14BrN3O3S/c19-12-7-5-11(6-8-12)14-10-26-18(21-14)22-17(24)13-3-1-2-4-15(13)25-9-16(20)23/h1-8,10H,9H2,(H2,20,23)(H,21,22,24). The van der Waals surface area contributed by atoms with Crippen LogP contribution in [0.2, 0.25) is 0 Å². The zero-order valence-corrected chi connectivity index (χ0v) is 15.8. The summed E-state index contributed by atoms with van der Waals surface area (Å²) in [5.41, 5.74) is 7.11. The van der Waals surface area contributed by atoms with Crippen molar-refractivity contribution >= 4 is 44.2 Å². The number of anilines is 1. The molecule has 2 aromatic carbocycles. The summed E-state index contributed by atoms with van der Waals surface area (Å²) in [6.07, 6.45) is 0. The summed E-state index contributed by atoms with van der Waals surface area (Å²) in [4.78, 5) is 27.8. The summed E-state index contributed by atoms with van der Waals surface area (Å²) < 4.78 is 6.27. The van der Waals surface area contributed by atoms with Gasteiger partial charge in [0.2, 0.25) is 0 Å². The minimum atomic E-state index is -0.612. The van der Waals surface area contributed by atoms with E-state index in [-0.39, 0.29) is 18.3 Å². The number of nitrogens with one attached hydrogen (secondary N) is 1. The number of para-hydroxylation sites is 1. The zero-order chi connectivity index (χ0) is 18.5. The molecule has 6 nitrogen and oxygen atoms in total. The second kappa shape index (κ2) is 8.11. The number of hydrogen-bond acceptors (Lipinski definition) is 5. The van der Waals surface area contributed by atoms with Crippen LogP contribution in [0, 0.1) is 0 Å². The highest BCUT2D eigenvalue weighted by Crippen LogP contribution is 2.27. The first-order chi connectivity index (χ1) is 12.5. The molecule has 3 rings (SSSR count). The van der Waals surface area contributed by atoms with Crippen molar-refractivity contribution in [3.63, 3.8) is 0 Å². The lowest BCUT2D eigenvalue weighted by molar-refractivity contribution is -0.119. The van der Waals surface area contributed by atoms with Crippen LogP contribution in [0.1, 0.15) is 10.4 Å². The van der Waals surface area contributed by atoms with E-state index in [1.54, 1.807) is 24.3 Å². The lowest BCUT2D eigenvalue weighted by Crippen LogP contribution is -2.21. The van der Waals surface area contributed by atoms with Crippen molar-refractivity contribution in [2.24, 2.45) is 5.73 Å². The van der Waals surface area contributed by atoms with E-state index >= 15 is 0 Å². The van der Waals surface area contributed by atoms with Gasteiger partial charge in [-0.25, -0.2) is 4.98 Å². The number of hydrogen-bond donors (Lipinski definition) is 2. The monoisotopic (exact) mass is 431 g/mol. The number of rotatable bonds is 6. The van der Waals surface area contributed by atoms with Gasteiger partial charge in [-0.3, -0.25) is 14.9 Å². The number of amides is 2. The fourth-order valence-corrected chi connectivity index (χ4v) is 3.16. The van der Waals surface area contributed by atoms with E-state index in [0.29, 0.717) is 10.7 Å². The van der Waals surface area contributed by atoms with Crippen molar-refractivity contribution < 1.29 is 14.3 Å². The highest BCUT2D eigenvalue weighted by molar-refractivity contribution is 9.10. The average Bonchev–Trinajstić information content (AvgIpc) is 3.09. The number of carbonyl (C=O) groups is 2. The van der Waals surface area contributed by atoms with Crippen molar-refractivity contribution in [1.82, 2.24) is 4.98 Å². The molecule has 0 aliphatic rings. The molecule has 1 aromatic heterocycles. The Labute approximate surface area is 162 Å². The van der Waals surface area contributed by atoms with Crippen LogP contribution in [0.15, 0.2) is 58.4 Å². The van der Waals surface area contributed by atoms with Crippen LogP contribution in [-0.2, 0) is 4.79 Å². The summed E-state index contributed by atoms with van der Waals surface area (Å²) in [5.74, 6) is -0.699. The van der Waals surface area contributed by atoms with Crippen LogP contribution < -0.4 is 15.8 Å². The van der Waals surface area contributed by atoms with E-state index in [1.165, 1.54) is 11.3 Å². The topological polar surface area (TPSA) is 94.3 Å². The molecule has 0 saturated heterocycles. The van der Waals surface area contributed by atoms with E-state index in [4.69, 9.17) is 10.5 Å². The quantitative estimate of drug-likeness (QED) is 0.621. The number of nitrogens with two attached hydrogens (primary N) is 1. The smallest absolute Gasteiger partial charge is 0.261 e. The molecule has 0 spiro atoms. The Kier molecular flexibility index (Phi) is 5.65. The van der Waals surface area contributed by atoms with Crippen molar-refractivity contribution in [3.8, 4) is 17.0 Å². The van der Waals surface area contributed by atoms with Gasteiger partial charge < -0.3 is 10.5 Å². The lowest BCUT2D eigenvalue weighted by Gasteiger charge is -2.09. The van der Waals surface area contributed by atoms with Crippen LogP contribution in [0.3, 0.4) is 0 Å². The van der Waals surface area contributed by atoms with Gasteiger partial charge in [0.25, 0.3) is 11.8 Å². The maximum absolute atomic E-state index is 12.5. The van der Waals surface area contributed by atoms with Gasteiger partial charge >= 0.3 is 0 Å². The maximum Gasteiger partial charge on any atom is 0.261 e. The molecule has 0 aliphatic carbocycles. The first-order valence-electron chi connectivity index (χ1n) is 7.56. The third kappa shape index (κ3) is 4.47. The van der Waals surface area contributed by atoms with Crippen LogP contribution in [0.5, 0.6) is 5.75 Å². The first-order valence-corrected chi connectivity index (χ1v) is 9.23. The summed E-state index contributed by atoms with van der Waals surface area (Å²) in [6.45, 7) is -0.296. The van der Waals surface area contributed by atoms with Gasteiger partial charge in [0, 0.05) is 15.4 Å². The van der Waals surface area contributed by atoms with Gasteiger partial charge in [0.15, 0.2) is 11.7 Å². The summed E-state index contributed by atoms with van der Waals surface area (Å²) in [5, 5.41) is 5.09. The molecule has 8 heteroatoms. The highest BCUT2D eigenvalue weighted by atomic mass is 79.9. The second-order valence-electron chi connectivity index (χ2n) is 5.25. The molecule has 0 radical (unpaired) electrons. The van der Waals surface area contributed by atoms with Gasteiger partial charge in [-0.15, -0.1) is 11.3 Å². The minimum Gasteiger partial charge on any atom is -0.483 e.